The van der Waals surface area contributed by atoms with E-state index >= 15 is 0 Å². The molecule has 0 atom stereocenters. The van der Waals surface area contributed by atoms with Gasteiger partial charge in [0.1, 0.15) is 6.42 Å². The second-order valence-corrected chi connectivity index (χ2v) is 2.58. The predicted octanol–water partition coefficient (Wildman–Crippen LogP) is 0.700. The lowest BCUT2D eigenvalue weighted by Crippen LogP contribution is -1.97. The first-order valence-electron chi connectivity index (χ1n) is 4.07. The predicted molar refractivity (Wildman–Crippen MR) is 50.3 cm³/mol. The molecule has 4 nitrogen and oxygen atoms in total. The Morgan fingerprint density at radius 2 is 2.43 bits per heavy atom. The van der Waals surface area contributed by atoms with Crippen LogP contribution in [0.1, 0.15) is 17.9 Å². The summed E-state index contributed by atoms with van der Waals surface area (Å²) >= 11 is 0. The van der Waals surface area contributed by atoms with Gasteiger partial charge in [-0.25, -0.2) is 9.97 Å². The second-order valence-electron chi connectivity index (χ2n) is 2.58. The molecule has 0 aromatic carbocycles. The van der Waals surface area contributed by atoms with E-state index in [0.717, 1.165) is 5.69 Å². The van der Waals surface area contributed by atoms with Gasteiger partial charge in [0.15, 0.2) is 0 Å². The minimum atomic E-state index is -0.356. The number of hydrogen-bond acceptors (Lipinski definition) is 4. The van der Waals surface area contributed by atoms with Crippen molar-refractivity contribution < 1.29 is 9.53 Å². The van der Waals surface area contributed by atoms with Gasteiger partial charge in [0.25, 0.3) is 0 Å². The van der Waals surface area contributed by atoms with Crippen LogP contribution in [0.25, 0.3) is 0 Å². The van der Waals surface area contributed by atoms with Gasteiger partial charge >= 0.3 is 5.97 Å². The van der Waals surface area contributed by atoms with E-state index in [2.05, 4.69) is 26.5 Å². The number of esters is 1. The van der Waals surface area contributed by atoms with E-state index < -0.39 is 0 Å². The van der Waals surface area contributed by atoms with E-state index in [1.165, 1.54) is 7.11 Å². The summed E-state index contributed by atoms with van der Waals surface area (Å²) in [5.74, 6) is 5.38. The van der Waals surface area contributed by atoms with Crippen LogP contribution in [-0.4, -0.2) is 23.0 Å². The van der Waals surface area contributed by atoms with E-state index in [4.69, 9.17) is 0 Å². The highest BCUT2D eigenvalue weighted by atomic mass is 16.5. The molecular weight excluding hydrogens is 180 g/mol. The molecule has 0 amide bonds. The maximum atomic E-state index is 10.7. The van der Waals surface area contributed by atoms with Gasteiger partial charge in [0.05, 0.1) is 7.11 Å². The summed E-state index contributed by atoms with van der Waals surface area (Å²) in [6.45, 7) is 1.85. The maximum Gasteiger partial charge on any atom is 0.317 e. The summed E-state index contributed by atoms with van der Waals surface area (Å²) in [7, 11) is 1.33. The van der Waals surface area contributed by atoms with Crippen LogP contribution in [0.3, 0.4) is 0 Å². The van der Waals surface area contributed by atoms with Gasteiger partial charge < -0.3 is 4.74 Å². The largest absolute Gasteiger partial charge is 0.468 e. The van der Waals surface area contributed by atoms with E-state index in [1.807, 2.05) is 6.92 Å². The van der Waals surface area contributed by atoms with Gasteiger partial charge in [-0.1, -0.05) is 5.92 Å². The fraction of sp³-hybridized carbons (Fsp3) is 0.300. The minimum Gasteiger partial charge on any atom is -0.468 e. The molecule has 0 fully saturated rings. The van der Waals surface area contributed by atoms with Crippen LogP contribution in [0, 0.1) is 18.8 Å². The van der Waals surface area contributed by atoms with Crippen LogP contribution in [0.4, 0.5) is 0 Å². The first-order valence-corrected chi connectivity index (χ1v) is 4.07. The standard InChI is InChI=1S/C10H10N2O2/c1-8-6-7-11-9(12-8)4-3-5-10(13)14-2/h6-7H,5H2,1-2H3. The minimum absolute atomic E-state index is 0.0633. The molecule has 0 N–H and O–H groups in total. The molecule has 0 spiro atoms. The van der Waals surface area contributed by atoms with Crippen LogP contribution in [0.15, 0.2) is 12.3 Å². The van der Waals surface area contributed by atoms with Gasteiger partial charge in [-0.15, -0.1) is 0 Å². The lowest BCUT2D eigenvalue weighted by Gasteiger charge is -1.91. The highest BCUT2D eigenvalue weighted by Crippen LogP contribution is 1.91. The van der Waals surface area contributed by atoms with Crippen molar-refractivity contribution in [3.8, 4) is 11.8 Å². The monoisotopic (exact) mass is 190 g/mol. The highest BCUT2D eigenvalue weighted by Gasteiger charge is 1.94. The Hall–Kier alpha value is -1.89. The first kappa shape index (κ1) is 10.2. The number of methoxy groups -OCH3 is 1. The second kappa shape index (κ2) is 4.97. The van der Waals surface area contributed by atoms with Crippen molar-refractivity contribution in [2.45, 2.75) is 13.3 Å². The SMILES string of the molecule is COC(=O)CC#Cc1nccc(C)n1. The van der Waals surface area contributed by atoms with Gasteiger partial charge in [0, 0.05) is 11.9 Å². The molecular formula is C10H10N2O2. The third kappa shape index (κ3) is 3.23. The molecule has 0 radical (unpaired) electrons. The normalized spacial score (nSPS) is 8.71. The zero-order valence-corrected chi connectivity index (χ0v) is 8.07. The van der Waals surface area contributed by atoms with Crippen molar-refractivity contribution in [2.24, 2.45) is 0 Å². The molecule has 14 heavy (non-hydrogen) atoms. The topological polar surface area (TPSA) is 52.1 Å². The first-order chi connectivity index (χ1) is 6.72. The van der Waals surface area contributed by atoms with Crippen LogP contribution >= 0.6 is 0 Å². The van der Waals surface area contributed by atoms with Crippen LogP contribution in [-0.2, 0) is 9.53 Å². The van der Waals surface area contributed by atoms with Crippen molar-refractivity contribution >= 4 is 5.97 Å². The molecule has 72 valence electrons. The number of aromatic nitrogens is 2. The van der Waals surface area contributed by atoms with Crippen LogP contribution in [0.5, 0.6) is 0 Å². The van der Waals surface area contributed by atoms with Crippen LogP contribution in [0.2, 0.25) is 0 Å². The molecule has 1 heterocycles. The summed E-state index contributed by atoms with van der Waals surface area (Å²) in [5, 5.41) is 0. The zero-order valence-electron chi connectivity index (χ0n) is 8.07. The van der Waals surface area contributed by atoms with Gasteiger partial charge in [-0.05, 0) is 18.9 Å². The summed E-state index contributed by atoms with van der Waals surface area (Å²) in [6.07, 6.45) is 1.69. The molecule has 0 unspecified atom stereocenters. The Kier molecular flexibility index (Phi) is 3.62. The Morgan fingerprint density at radius 1 is 1.64 bits per heavy atom. The Morgan fingerprint density at radius 3 is 3.07 bits per heavy atom. The summed E-state index contributed by atoms with van der Waals surface area (Å²) in [4.78, 5) is 18.7. The lowest BCUT2D eigenvalue weighted by atomic mass is 10.4. The smallest absolute Gasteiger partial charge is 0.317 e. The molecule has 1 aromatic rings. The van der Waals surface area contributed by atoms with Crippen molar-refractivity contribution in [3.63, 3.8) is 0 Å². The molecule has 1 aromatic heterocycles. The number of carbonyl (C=O) groups is 1. The number of hydrogen-bond donors (Lipinski definition) is 0. The zero-order chi connectivity index (χ0) is 10.4. The fourth-order valence-electron chi connectivity index (χ4n) is 0.777. The molecule has 4 heteroatoms. The van der Waals surface area contributed by atoms with Crippen molar-refractivity contribution in [1.29, 1.82) is 0 Å². The average molecular weight is 190 g/mol. The molecule has 0 aliphatic heterocycles. The molecule has 0 saturated heterocycles. The molecule has 0 saturated carbocycles. The third-order valence-corrected chi connectivity index (χ3v) is 1.46. The average Bonchev–Trinajstić information content (AvgIpc) is 2.17. The number of aryl methyl sites for hydroxylation is 1. The molecule has 0 aliphatic carbocycles. The van der Waals surface area contributed by atoms with Crippen molar-refractivity contribution in [3.05, 3.63) is 23.8 Å². The van der Waals surface area contributed by atoms with E-state index in [0.29, 0.717) is 5.82 Å². The molecule has 0 bridgehead atoms. The van der Waals surface area contributed by atoms with Gasteiger partial charge in [-0.3, -0.25) is 4.79 Å². The van der Waals surface area contributed by atoms with Gasteiger partial charge in [0.2, 0.25) is 5.82 Å². The summed E-state index contributed by atoms with van der Waals surface area (Å²) < 4.78 is 4.43. The van der Waals surface area contributed by atoms with E-state index in [9.17, 15) is 4.79 Å². The fourth-order valence-corrected chi connectivity index (χ4v) is 0.777. The van der Waals surface area contributed by atoms with E-state index in [-0.39, 0.29) is 12.4 Å². The van der Waals surface area contributed by atoms with Crippen LogP contribution < -0.4 is 0 Å². The van der Waals surface area contributed by atoms with E-state index in [1.54, 1.807) is 12.3 Å². The van der Waals surface area contributed by atoms with Gasteiger partial charge in [-0.2, -0.15) is 0 Å². The summed E-state index contributed by atoms with van der Waals surface area (Å²) in [6, 6.07) is 1.78. The Bertz CT molecular complexity index is 391. The molecule has 1 rings (SSSR count). The quantitative estimate of drug-likeness (QED) is 0.483. The maximum absolute atomic E-state index is 10.7. The highest BCUT2D eigenvalue weighted by molar-refractivity contribution is 5.72. The lowest BCUT2D eigenvalue weighted by molar-refractivity contribution is -0.139. The Balaban J connectivity index is 2.64. The Labute approximate surface area is 82.3 Å². The third-order valence-electron chi connectivity index (χ3n) is 1.46. The number of ether oxygens (including phenoxy) is 1. The summed E-state index contributed by atoms with van der Waals surface area (Å²) in [5.41, 5.74) is 0.849. The van der Waals surface area contributed by atoms with Crippen molar-refractivity contribution in [2.75, 3.05) is 7.11 Å². The molecule has 0 aliphatic rings. The van der Waals surface area contributed by atoms with Crippen molar-refractivity contribution in [1.82, 2.24) is 9.97 Å². The number of rotatable bonds is 1. The number of carbonyl (C=O) groups excluding carboxylic acids is 1. The number of nitrogens with zero attached hydrogens (tertiary/aromatic N) is 2.